The van der Waals surface area contributed by atoms with Gasteiger partial charge in [0.15, 0.2) is 0 Å². The summed E-state index contributed by atoms with van der Waals surface area (Å²) in [7, 11) is 0. The maximum Gasteiger partial charge on any atom is 0.0385 e. The average Bonchev–Trinajstić information content (AvgIpc) is 2.55. The molecule has 0 radical (unpaired) electrons. The van der Waals surface area contributed by atoms with E-state index >= 15 is 0 Å². The minimum Gasteiger partial charge on any atom is -0.329 e. The molecule has 2 rings (SSSR count). The molecule has 1 saturated heterocycles. The monoisotopic (exact) mass is 252 g/mol. The van der Waals surface area contributed by atoms with Gasteiger partial charge in [0, 0.05) is 18.1 Å². The van der Waals surface area contributed by atoms with Crippen LogP contribution in [0.4, 0.5) is 0 Å². The Morgan fingerprint density at radius 3 is 2.44 bits per heavy atom. The van der Waals surface area contributed by atoms with Crippen LogP contribution in [0.15, 0.2) is 0 Å². The molecule has 0 amide bonds. The quantitative estimate of drug-likeness (QED) is 0.814. The second-order valence-electron chi connectivity index (χ2n) is 7.22. The lowest BCUT2D eigenvalue weighted by molar-refractivity contribution is -0.0628. The Morgan fingerprint density at radius 2 is 1.78 bits per heavy atom. The van der Waals surface area contributed by atoms with Gasteiger partial charge in [-0.2, -0.15) is 0 Å². The fourth-order valence-corrected chi connectivity index (χ4v) is 4.49. The van der Waals surface area contributed by atoms with Crippen molar-refractivity contribution in [1.29, 1.82) is 0 Å². The van der Waals surface area contributed by atoms with E-state index in [1.165, 1.54) is 57.9 Å². The Hall–Kier alpha value is -0.0800. The summed E-state index contributed by atoms with van der Waals surface area (Å²) in [5, 5.41) is 0. The maximum atomic E-state index is 6.32. The third kappa shape index (κ3) is 2.34. The van der Waals surface area contributed by atoms with Crippen molar-refractivity contribution in [3.63, 3.8) is 0 Å². The fraction of sp³-hybridized carbons (Fsp3) is 1.00. The van der Waals surface area contributed by atoms with Crippen LogP contribution in [0.1, 0.15) is 72.1 Å². The van der Waals surface area contributed by atoms with Crippen LogP contribution in [0.2, 0.25) is 0 Å². The first-order valence-corrected chi connectivity index (χ1v) is 8.00. The smallest absolute Gasteiger partial charge is 0.0385 e. The van der Waals surface area contributed by atoms with Crippen LogP contribution in [0, 0.1) is 5.41 Å². The van der Waals surface area contributed by atoms with Crippen LogP contribution < -0.4 is 5.73 Å². The van der Waals surface area contributed by atoms with Crippen LogP contribution >= 0.6 is 0 Å². The number of rotatable bonds is 2. The van der Waals surface area contributed by atoms with Gasteiger partial charge >= 0.3 is 0 Å². The van der Waals surface area contributed by atoms with E-state index in [2.05, 4.69) is 25.7 Å². The van der Waals surface area contributed by atoms with E-state index in [-0.39, 0.29) is 5.54 Å². The third-order valence-corrected chi connectivity index (χ3v) is 5.84. The van der Waals surface area contributed by atoms with Crippen LogP contribution in [0.5, 0.6) is 0 Å². The van der Waals surface area contributed by atoms with Crippen molar-refractivity contribution in [3.05, 3.63) is 0 Å². The Labute approximate surface area is 113 Å². The first-order chi connectivity index (χ1) is 8.53. The molecule has 0 aromatic carbocycles. The molecule has 106 valence electrons. The van der Waals surface area contributed by atoms with Gasteiger partial charge in [-0.3, -0.25) is 4.90 Å². The van der Waals surface area contributed by atoms with Crippen LogP contribution in [0.3, 0.4) is 0 Å². The van der Waals surface area contributed by atoms with Gasteiger partial charge < -0.3 is 5.73 Å². The van der Waals surface area contributed by atoms with E-state index in [0.29, 0.717) is 11.5 Å². The highest BCUT2D eigenvalue weighted by molar-refractivity contribution is 5.06. The first kappa shape index (κ1) is 14.3. The number of nitrogens with zero attached hydrogens (tertiary/aromatic N) is 1. The van der Waals surface area contributed by atoms with Crippen molar-refractivity contribution in [2.45, 2.75) is 83.7 Å². The minimum absolute atomic E-state index is 0.259. The predicted octanol–water partition coefficient (Wildman–Crippen LogP) is 3.55. The maximum absolute atomic E-state index is 6.32. The Balaban J connectivity index is 2.28. The van der Waals surface area contributed by atoms with Gasteiger partial charge in [-0.15, -0.1) is 0 Å². The molecule has 0 aromatic heterocycles. The van der Waals surface area contributed by atoms with Gasteiger partial charge in [-0.05, 0) is 44.6 Å². The first-order valence-electron chi connectivity index (χ1n) is 8.00. The molecule has 2 N–H and O–H groups in total. The van der Waals surface area contributed by atoms with Crippen molar-refractivity contribution in [2.75, 3.05) is 13.1 Å². The highest BCUT2D eigenvalue weighted by Gasteiger charge is 2.50. The van der Waals surface area contributed by atoms with Crippen molar-refractivity contribution in [2.24, 2.45) is 11.1 Å². The summed E-state index contributed by atoms with van der Waals surface area (Å²) in [5.74, 6) is 0. The van der Waals surface area contributed by atoms with E-state index in [1.807, 2.05) is 0 Å². The molecule has 18 heavy (non-hydrogen) atoms. The van der Waals surface area contributed by atoms with Crippen molar-refractivity contribution in [1.82, 2.24) is 4.90 Å². The number of hydrogen-bond acceptors (Lipinski definition) is 2. The molecule has 1 heterocycles. The molecule has 2 nitrogen and oxygen atoms in total. The van der Waals surface area contributed by atoms with E-state index in [1.54, 1.807) is 0 Å². The molecule has 2 fully saturated rings. The lowest BCUT2D eigenvalue weighted by Gasteiger charge is -2.57. The summed E-state index contributed by atoms with van der Waals surface area (Å²) in [6.45, 7) is 9.44. The number of nitrogens with two attached hydrogens (primary N) is 1. The van der Waals surface area contributed by atoms with Crippen LogP contribution in [0.25, 0.3) is 0 Å². The molecular formula is C16H32N2. The molecule has 2 aliphatic rings. The lowest BCUT2D eigenvalue weighted by Crippen LogP contribution is -2.65. The SMILES string of the molecule is CC1CCCCCN1C1(CN)CCCCC1(C)C. The number of likely N-dealkylation sites (tertiary alicyclic amines) is 1. The normalized spacial score (nSPS) is 38.3. The lowest BCUT2D eigenvalue weighted by atomic mass is 9.61. The number of hydrogen-bond donors (Lipinski definition) is 1. The van der Waals surface area contributed by atoms with Crippen molar-refractivity contribution < 1.29 is 0 Å². The highest BCUT2D eigenvalue weighted by atomic mass is 15.2. The Morgan fingerprint density at radius 1 is 1.06 bits per heavy atom. The second-order valence-corrected chi connectivity index (χ2v) is 7.22. The van der Waals surface area contributed by atoms with Gasteiger partial charge in [0.2, 0.25) is 0 Å². The molecule has 1 saturated carbocycles. The third-order valence-electron chi connectivity index (χ3n) is 5.84. The zero-order chi connectivity index (χ0) is 13.2. The van der Waals surface area contributed by atoms with E-state index in [9.17, 15) is 0 Å². The van der Waals surface area contributed by atoms with Gasteiger partial charge in [-0.25, -0.2) is 0 Å². The predicted molar refractivity (Wildman–Crippen MR) is 78.7 cm³/mol. The molecule has 1 aliphatic heterocycles. The molecule has 0 aromatic rings. The summed E-state index contributed by atoms with van der Waals surface area (Å²) < 4.78 is 0. The Kier molecular flexibility index (Phi) is 4.38. The minimum atomic E-state index is 0.259. The van der Waals surface area contributed by atoms with Gasteiger partial charge in [-0.1, -0.05) is 39.5 Å². The summed E-state index contributed by atoms with van der Waals surface area (Å²) >= 11 is 0. The zero-order valence-corrected chi connectivity index (χ0v) is 12.7. The summed E-state index contributed by atoms with van der Waals surface area (Å²) in [5.41, 5.74) is 6.95. The fourth-order valence-electron chi connectivity index (χ4n) is 4.49. The Bertz CT molecular complexity index is 274. The van der Waals surface area contributed by atoms with E-state index in [0.717, 1.165) is 6.54 Å². The van der Waals surface area contributed by atoms with E-state index in [4.69, 9.17) is 5.73 Å². The van der Waals surface area contributed by atoms with Crippen molar-refractivity contribution in [3.8, 4) is 0 Å². The zero-order valence-electron chi connectivity index (χ0n) is 12.7. The molecule has 2 unspecified atom stereocenters. The average molecular weight is 252 g/mol. The molecule has 2 heteroatoms. The van der Waals surface area contributed by atoms with Crippen molar-refractivity contribution >= 4 is 0 Å². The van der Waals surface area contributed by atoms with E-state index < -0.39 is 0 Å². The molecule has 2 atom stereocenters. The van der Waals surface area contributed by atoms with Crippen LogP contribution in [-0.4, -0.2) is 29.6 Å². The van der Waals surface area contributed by atoms with Gasteiger partial charge in [0.05, 0.1) is 0 Å². The molecule has 0 bridgehead atoms. The summed E-state index contributed by atoms with van der Waals surface area (Å²) in [4.78, 5) is 2.80. The second kappa shape index (κ2) is 5.50. The highest BCUT2D eigenvalue weighted by Crippen LogP contribution is 2.48. The molecule has 0 spiro atoms. The van der Waals surface area contributed by atoms with Gasteiger partial charge in [0.25, 0.3) is 0 Å². The molecular weight excluding hydrogens is 220 g/mol. The summed E-state index contributed by atoms with van der Waals surface area (Å²) in [6.07, 6.45) is 10.9. The summed E-state index contributed by atoms with van der Waals surface area (Å²) in [6, 6.07) is 0.716. The largest absolute Gasteiger partial charge is 0.329 e. The standard InChI is InChI=1S/C16H32N2/c1-14-9-5-4-8-12-18(14)16(13-17)11-7-6-10-15(16,2)3/h14H,4-13,17H2,1-3H3. The molecule has 1 aliphatic carbocycles. The topological polar surface area (TPSA) is 29.3 Å². The van der Waals surface area contributed by atoms with Gasteiger partial charge in [0.1, 0.15) is 0 Å². The van der Waals surface area contributed by atoms with Crippen LogP contribution in [-0.2, 0) is 0 Å².